The van der Waals surface area contributed by atoms with Gasteiger partial charge in [-0.3, -0.25) is 9.79 Å². The molecule has 2 fully saturated rings. The van der Waals surface area contributed by atoms with Gasteiger partial charge in [-0.2, -0.15) is 0 Å². The molecule has 2 rings (SSSR count). The van der Waals surface area contributed by atoms with Crippen molar-refractivity contribution >= 4 is 35.8 Å². The number of hydrogen-bond donors (Lipinski definition) is 2. The highest BCUT2D eigenvalue weighted by Gasteiger charge is 2.42. The van der Waals surface area contributed by atoms with Gasteiger partial charge in [-0.05, 0) is 12.8 Å². The topological polar surface area (TPSA) is 56.7 Å². The molecule has 0 saturated carbocycles. The lowest BCUT2D eigenvalue weighted by Gasteiger charge is -2.40. The molecule has 0 aromatic heterocycles. The van der Waals surface area contributed by atoms with Crippen LogP contribution in [-0.4, -0.2) is 50.0 Å². The average molecular weight is 376 g/mol. The van der Waals surface area contributed by atoms with Crippen molar-refractivity contribution in [1.29, 1.82) is 0 Å². The molecule has 2 aliphatic heterocycles. The fourth-order valence-electron chi connectivity index (χ4n) is 2.89. The van der Waals surface area contributed by atoms with Gasteiger partial charge in [-0.25, -0.2) is 0 Å². The van der Waals surface area contributed by atoms with E-state index < -0.39 is 0 Å². The van der Waals surface area contributed by atoms with Crippen LogP contribution in [0.4, 0.5) is 0 Å². The average Bonchev–Trinajstić information content (AvgIpc) is 2.71. The Morgan fingerprint density at radius 3 is 3.05 bits per heavy atom. The number of nitrogens with one attached hydrogen (secondary N) is 2. The minimum absolute atomic E-state index is 0. The molecule has 2 aliphatic rings. The highest BCUT2D eigenvalue weighted by Crippen LogP contribution is 2.35. The van der Waals surface area contributed by atoms with E-state index in [0.717, 1.165) is 38.4 Å². The summed E-state index contributed by atoms with van der Waals surface area (Å²) in [4.78, 5) is 17.9. The number of nitrogens with zero attached hydrogens (tertiary/aromatic N) is 2. The highest BCUT2D eigenvalue weighted by molar-refractivity contribution is 14.0. The highest BCUT2D eigenvalue weighted by atomic mass is 127. The Morgan fingerprint density at radius 1 is 1.68 bits per heavy atom. The van der Waals surface area contributed by atoms with E-state index in [0.29, 0.717) is 13.0 Å². The SMILES string of the molecule is C#CCNC(=NC)N1CCCC2(CNC(=O)C2)C1.I. The molecule has 6 heteroatoms. The smallest absolute Gasteiger partial charge is 0.220 e. The van der Waals surface area contributed by atoms with Crippen LogP contribution >= 0.6 is 24.0 Å². The summed E-state index contributed by atoms with van der Waals surface area (Å²) in [6.45, 7) is 3.11. The molecule has 1 spiro atoms. The summed E-state index contributed by atoms with van der Waals surface area (Å²) in [7, 11) is 1.76. The van der Waals surface area contributed by atoms with Crippen molar-refractivity contribution in [3.8, 4) is 12.3 Å². The lowest BCUT2D eigenvalue weighted by Crippen LogP contribution is -2.51. The Labute approximate surface area is 131 Å². The standard InChI is InChI=1S/C13H20N4O.HI/c1-3-6-15-12(14-2)17-7-4-5-13(10-17)8-11(18)16-9-13;/h1H,4-10H2,2H3,(H,14,15)(H,16,18);1H. The molecule has 1 atom stereocenters. The number of aliphatic imine (C=N–C) groups is 1. The predicted molar refractivity (Wildman–Crippen MR) is 86.5 cm³/mol. The number of carbonyl (C=O) groups excluding carboxylic acids is 1. The molecule has 0 aromatic carbocycles. The number of guanidine groups is 1. The molecule has 0 bridgehead atoms. The summed E-state index contributed by atoms with van der Waals surface area (Å²) < 4.78 is 0. The van der Waals surface area contributed by atoms with Crippen molar-refractivity contribution < 1.29 is 4.79 Å². The predicted octanol–water partition coefficient (Wildman–Crippen LogP) is 0.415. The van der Waals surface area contributed by atoms with Gasteiger partial charge in [0.2, 0.25) is 5.91 Å². The summed E-state index contributed by atoms with van der Waals surface area (Å²) in [5, 5.41) is 6.08. The molecular weight excluding hydrogens is 355 g/mol. The third-order valence-corrected chi connectivity index (χ3v) is 3.72. The molecule has 2 saturated heterocycles. The molecule has 1 amide bonds. The number of rotatable bonds is 1. The molecule has 2 N–H and O–H groups in total. The van der Waals surface area contributed by atoms with E-state index in [1.165, 1.54) is 0 Å². The zero-order chi connectivity index (χ0) is 13.0. The molecule has 1 unspecified atom stereocenters. The number of terminal acetylenes is 1. The van der Waals surface area contributed by atoms with Crippen molar-refractivity contribution in [2.75, 3.05) is 33.2 Å². The Bertz CT molecular complexity index is 404. The van der Waals surface area contributed by atoms with Gasteiger partial charge in [0.25, 0.3) is 0 Å². The third-order valence-electron chi connectivity index (χ3n) is 3.72. The first-order valence-electron chi connectivity index (χ1n) is 6.35. The van der Waals surface area contributed by atoms with E-state index in [1.54, 1.807) is 7.05 Å². The minimum atomic E-state index is 0. The maximum atomic E-state index is 11.4. The van der Waals surface area contributed by atoms with Crippen LogP contribution in [0.2, 0.25) is 0 Å². The number of hydrogen-bond acceptors (Lipinski definition) is 2. The third kappa shape index (κ3) is 3.75. The summed E-state index contributed by atoms with van der Waals surface area (Å²) in [5.41, 5.74) is 0.0864. The summed E-state index contributed by atoms with van der Waals surface area (Å²) in [6, 6.07) is 0. The first-order valence-corrected chi connectivity index (χ1v) is 6.35. The Hall–Kier alpha value is -0.970. The van der Waals surface area contributed by atoms with Crippen molar-refractivity contribution in [2.24, 2.45) is 10.4 Å². The molecule has 19 heavy (non-hydrogen) atoms. The fraction of sp³-hybridized carbons (Fsp3) is 0.692. The Balaban J connectivity index is 0.00000180. The molecule has 5 nitrogen and oxygen atoms in total. The van der Waals surface area contributed by atoms with E-state index in [9.17, 15) is 4.79 Å². The number of piperidine rings is 1. The molecule has 0 aliphatic carbocycles. The van der Waals surface area contributed by atoms with Crippen LogP contribution in [0, 0.1) is 17.8 Å². The van der Waals surface area contributed by atoms with Crippen LogP contribution in [0.3, 0.4) is 0 Å². The molecule has 106 valence electrons. The number of likely N-dealkylation sites (tertiary alicyclic amines) is 1. The van der Waals surface area contributed by atoms with E-state index in [1.807, 2.05) is 0 Å². The van der Waals surface area contributed by atoms with E-state index in [2.05, 4.69) is 26.4 Å². The van der Waals surface area contributed by atoms with Crippen molar-refractivity contribution in [2.45, 2.75) is 19.3 Å². The van der Waals surface area contributed by atoms with E-state index in [4.69, 9.17) is 6.42 Å². The van der Waals surface area contributed by atoms with Crippen molar-refractivity contribution in [3.05, 3.63) is 0 Å². The zero-order valence-corrected chi connectivity index (χ0v) is 13.6. The van der Waals surface area contributed by atoms with Crippen molar-refractivity contribution in [3.63, 3.8) is 0 Å². The van der Waals surface area contributed by atoms with Gasteiger partial charge in [-0.1, -0.05) is 5.92 Å². The minimum Gasteiger partial charge on any atom is -0.355 e. The fourth-order valence-corrected chi connectivity index (χ4v) is 2.89. The molecule has 0 aromatic rings. The van der Waals surface area contributed by atoms with Crippen LogP contribution in [0.1, 0.15) is 19.3 Å². The monoisotopic (exact) mass is 376 g/mol. The zero-order valence-electron chi connectivity index (χ0n) is 11.2. The summed E-state index contributed by atoms with van der Waals surface area (Å²) >= 11 is 0. The van der Waals surface area contributed by atoms with Crippen LogP contribution in [0.25, 0.3) is 0 Å². The van der Waals surface area contributed by atoms with Crippen molar-refractivity contribution in [1.82, 2.24) is 15.5 Å². The lowest BCUT2D eigenvalue weighted by molar-refractivity contribution is -0.119. The summed E-state index contributed by atoms with van der Waals surface area (Å²) in [6.07, 6.45) is 8.08. The van der Waals surface area contributed by atoms with Gasteiger partial charge >= 0.3 is 0 Å². The first-order chi connectivity index (χ1) is 8.69. The first kappa shape index (κ1) is 16.1. The van der Waals surface area contributed by atoms with Gasteiger partial charge in [0.15, 0.2) is 5.96 Å². The van der Waals surface area contributed by atoms with Crippen LogP contribution in [-0.2, 0) is 4.79 Å². The maximum absolute atomic E-state index is 11.4. The van der Waals surface area contributed by atoms with Crippen LogP contribution in [0.15, 0.2) is 4.99 Å². The quantitative estimate of drug-likeness (QED) is 0.302. The van der Waals surface area contributed by atoms with Crippen LogP contribution < -0.4 is 10.6 Å². The molecule has 0 radical (unpaired) electrons. The number of carbonyl (C=O) groups is 1. The normalized spacial score (nSPS) is 26.6. The van der Waals surface area contributed by atoms with E-state index in [-0.39, 0.29) is 35.3 Å². The Kier molecular flexibility index (Phi) is 5.91. The van der Waals surface area contributed by atoms with Gasteiger partial charge in [0.1, 0.15) is 0 Å². The lowest BCUT2D eigenvalue weighted by atomic mass is 9.79. The maximum Gasteiger partial charge on any atom is 0.220 e. The Morgan fingerprint density at radius 2 is 2.47 bits per heavy atom. The second-order valence-electron chi connectivity index (χ2n) is 5.08. The number of halogens is 1. The van der Waals surface area contributed by atoms with Gasteiger partial charge < -0.3 is 15.5 Å². The van der Waals surface area contributed by atoms with Crippen LogP contribution in [0.5, 0.6) is 0 Å². The summed E-state index contributed by atoms with van der Waals surface area (Å²) in [5.74, 6) is 3.56. The second kappa shape index (κ2) is 6.98. The number of amides is 1. The second-order valence-corrected chi connectivity index (χ2v) is 5.08. The van der Waals surface area contributed by atoms with Gasteiger partial charge in [-0.15, -0.1) is 30.4 Å². The molecule has 2 heterocycles. The van der Waals surface area contributed by atoms with Gasteiger partial charge in [0.05, 0.1) is 6.54 Å². The van der Waals surface area contributed by atoms with Gasteiger partial charge in [0, 0.05) is 38.5 Å². The molecular formula is C13H21IN4O. The largest absolute Gasteiger partial charge is 0.355 e. The van der Waals surface area contributed by atoms with E-state index >= 15 is 0 Å².